The maximum Gasteiger partial charge on any atom is 0.138 e. The zero-order valence-electron chi connectivity index (χ0n) is 11.5. The standard InChI is InChI=1S/C9H15NO.C3H4.C2H6/c1-4-8-9(5-2)11-7-6-10(8)3;1-3-2;1-2/h4-5H,6-7H2,1-3H3;1H,2H3;1-2H3/b8-4+,9-5+;;. The average molecular weight is 223 g/mol. The molecule has 0 N–H and O–H groups in total. The van der Waals surface area contributed by atoms with Gasteiger partial charge in [-0.2, -0.15) is 0 Å². The molecule has 0 aliphatic carbocycles. The van der Waals surface area contributed by atoms with Gasteiger partial charge in [0, 0.05) is 7.05 Å². The zero-order chi connectivity index (χ0) is 13.0. The van der Waals surface area contributed by atoms with Crippen LogP contribution in [0.3, 0.4) is 0 Å². The molecule has 0 aromatic heterocycles. The van der Waals surface area contributed by atoms with Crippen LogP contribution < -0.4 is 0 Å². The second-order valence-corrected chi connectivity index (χ2v) is 2.89. The zero-order valence-corrected chi connectivity index (χ0v) is 11.5. The fraction of sp³-hybridized carbons (Fsp3) is 0.571. The van der Waals surface area contributed by atoms with Crippen LogP contribution in [0.4, 0.5) is 0 Å². The molecule has 1 saturated heterocycles. The summed E-state index contributed by atoms with van der Waals surface area (Å²) < 4.78 is 5.45. The molecule has 0 unspecified atom stereocenters. The topological polar surface area (TPSA) is 12.5 Å². The van der Waals surface area contributed by atoms with E-state index in [9.17, 15) is 0 Å². The Hall–Kier alpha value is -1.36. The number of allylic oxidation sites excluding steroid dienone is 2. The number of ether oxygens (including phenoxy) is 1. The van der Waals surface area contributed by atoms with Crippen molar-refractivity contribution in [1.29, 1.82) is 0 Å². The monoisotopic (exact) mass is 223 g/mol. The molecule has 0 atom stereocenters. The average Bonchev–Trinajstić information content (AvgIpc) is 2.32. The third kappa shape index (κ3) is 6.19. The highest BCUT2D eigenvalue weighted by Crippen LogP contribution is 2.18. The van der Waals surface area contributed by atoms with Gasteiger partial charge in [0.2, 0.25) is 0 Å². The first-order valence-corrected chi connectivity index (χ1v) is 5.75. The summed E-state index contributed by atoms with van der Waals surface area (Å²) in [5, 5.41) is 0. The fourth-order valence-electron chi connectivity index (χ4n) is 1.27. The largest absolute Gasteiger partial charge is 0.490 e. The first-order chi connectivity index (χ1) is 7.71. The van der Waals surface area contributed by atoms with E-state index in [1.165, 1.54) is 5.70 Å². The number of rotatable bonds is 0. The highest BCUT2D eigenvalue weighted by Gasteiger charge is 2.14. The molecule has 0 radical (unpaired) electrons. The summed E-state index contributed by atoms with van der Waals surface area (Å²) in [5.41, 5.74) is 1.19. The summed E-state index contributed by atoms with van der Waals surface area (Å²) in [4.78, 5) is 2.21. The molecular weight excluding hydrogens is 198 g/mol. The molecule has 0 amide bonds. The second kappa shape index (κ2) is 11.7. The molecule has 1 heterocycles. The van der Waals surface area contributed by atoms with E-state index in [1.54, 1.807) is 6.92 Å². The van der Waals surface area contributed by atoms with Gasteiger partial charge in [0.15, 0.2) is 0 Å². The van der Waals surface area contributed by atoms with Crippen LogP contribution in [0.25, 0.3) is 0 Å². The first-order valence-electron chi connectivity index (χ1n) is 5.75. The van der Waals surface area contributed by atoms with Crippen molar-refractivity contribution in [1.82, 2.24) is 4.90 Å². The van der Waals surface area contributed by atoms with Crippen LogP contribution in [-0.2, 0) is 4.74 Å². The molecule has 2 nitrogen and oxygen atoms in total. The number of nitrogens with zero attached hydrogens (tertiary/aromatic N) is 1. The molecule has 1 rings (SSSR count). The number of terminal acetylenes is 1. The molecule has 0 spiro atoms. The van der Waals surface area contributed by atoms with Gasteiger partial charge in [0.25, 0.3) is 0 Å². The fourth-order valence-corrected chi connectivity index (χ4v) is 1.27. The Balaban J connectivity index is 0. The molecule has 0 aromatic rings. The lowest BCUT2D eigenvalue weighted by Gasteiger charge is -2.29. The van der Waals surface area contributed by atoms with Crippen molar-refractivity contribution in [2.45, 2.75) is 34.6 Å². The lowest BCUT2D eigenvalue weighted by Crippen LogP contribution is -2.29. The van der Waals surface area contributed by atoms with Crippen LogP contribution in [0.1, 0.15) is 34.6 Å². The minimum atomic E-state index is 0.799. The Bertz CT molecular complexity index is 258. The predicted molar refractivity (Wildman–Crippen MR) is 72.0 cm³/mol. The molecule has 0 bridgehead atoms. The summed E-state index contributed by atoms with van der Waals surface area (Å²) in [6.45, 7) is 11.5. The molecule has 2 heteroatoms. The summed E-state index contributed by atoms with van der Waals surface area (Å²) in [6, 6.07) is 0. The van der Waals surface area contributed by atoms with Gasteiger partial charge in [-0.3, -0.25) is 0 Å². The van der Waals surface area contributed by atoms with Crippen molar-refractivity contribution >= 4 is 0 Å². The molecular formula is C14H25NO. The SMILES string of the molecule is C#CC.C/C=C1/OCCN(C)/C1=C/C.CC. The van der Waals surface area contributed by atoms with Crippen LogP contribution in [0.15, 0.2) is 23.6 Å². The smallest absolute Gasteiger partial charge is 0.138 e. The molecule has 16 heavy (non-hydrogen) atoms. The van der Waals surface area contributed by atoms with Gasteiger partial charge in [-0.1, -0.05) is 19.9 Å². The van der Waals surface area contributed by atoms with Gasteiger partial charge >= 0.3 is 0 Å². The molecule has 1 fully saturated rings. The molecule has 0 saturated carbocycles. The normalized spacial score (nSPS) is 18.7. The summed E-state index contributed by atoms with van der Waals surface area (Å²) in [7, 11) is 2.08. The van der Waals surface area contributed by atoms with Crippen molar-refractivity contribution in [3.05, 3.63) is 23.6 Å². The van der Waals surface area contributed by atoms with Crippen molar-refractivity contribution in [3.63, 3.8) is 0 Å². The highest BCUT2D eigenvalue weighted by atomic mass is 16.5. The summed E-state index contributed by atoms with van der Waals surface area (Å²) in [5.74, 6) is 3.25. The van der Waals surface area contributed by atoms with Crippen LogP contribution in [-0.4, -0.2) is 25.1 Å². The predicted octanol–water partition coefficient (Wildman–Crippen LogP) is 3.42. The number of morpholine rings is 1. The molecule has 1 aliphatic heterocycles. The highest BCUT2D eigenvalue weighted by molar-refractivity contribution is 5.24. The van der Waals surface area contributed by atoms with Crippen molar-refractivity contribution in [3.8, 4) is 12.3 Å². The second-order valence-electron chi connectivity index (χ2n) is 2.89. The Morgan fingerprint density at radius 3 is 2.12 bits per heavy atom. The number of hydrogen-bond acceptors (Lipinski definition) is 2. The van der Waals surface area contributed by atoms with E-state index < -0.39 is 0 Å². The number of likely N-dealkylation sites (N-methyl/N-ethyl adjacent to an activating group) is 1. The number of hydrogen-bond donors (Lipinski definition) is 0. The van der Waals surface area contributed by atoms with Crippen LogP contribution >= 0.6 is 0 Å². The summed E-state index contributed by atoms with van der Waals surface area (Å²) in [6.07, 6.45) is 8.68. The summed E-state index contributed by atoms with van der Waals surface area (Å²) >= 11 is 0. The minimum absolute atomic E-state index is 0.799. The van der Waals surface area contributed by atoms with Crippen molar-refractivity contribution < 1.29 is 4.74 Å². The minimum Gasteiger partial charge on any atom is -0.490 e. The van der Waals surface area contributed by atoms with Crippen LogP contribution in [0, 0.1) is 12.3 Å². The van der Waals surface area contributed by atoms with E-state index in [4.69, 9.17) is 4.74 Å². The van der Waals surface area contributed by atoms with Crippen LogP contribution in [0.2, 0.25) is 0 Å². The molecule has 92 valence electrons. The van der Waals surface area contributed by atoms with Gasteiger partial charge in [-0.05, 0) is 26.8 Å². The van der Waals surface area contributed by atoms with Crippen LogP contribution in [0.5, 0.6) is 0 Å². The van der Waals surface area contributed by atoms with E-state index >= 15 is 0 Å². The van der Waals surface area contributed by atoms with E-state index in [1.807, 2.05) is 33.8 Å². The first kappa shape index (κ1) is 17.0. The van der Waals surface area contributed by atoms with E-state index in [0.29, 0.717) is 0 Å². The lowest BCUT2D eigenvalue weighted by atomic mass is 10.2. The van der Waals surface area contributed by atoms with Crippen molar-refractivity contribution in [2.75, 3.05) is 20.2 Å². The van der Waals surface area contributed by atoms with Gasteiger partial charge in [-0.15, -0.1) is 12.3 Å². The molecule has 1 aliphatic rings. The van der Waals surface area contributed by atoms with E-state index in [0.717, 1.165) is 18.9 Å². The van der Waals surface area contributed by atoms with Gasteiger partial charge in [-0.25, -0.2) is 0 Å². The Morgan fingerprint density at radius 1 is 1.31 bits per heavy atom. The van der Waals surface area contributed by atoms with Gasteiger partial charge in [0.1, 0.15) is 12.4 Å². The van der Waals surface area contributed by atoms with Gasteiger partial charge < -0.3 is 9.64 Å². The quantitative estimate of drug-likeness (QED) is 0.583. The Labute approximate surface area is 101 Å². The third-order valence-corrected chi connectivity index (χ3v) is 1.88. The third-order valence-electron chi connectivity index (χ3n) is 1.88. The lowest BCUT2D eigenvalue weighted by molar-refractivity contribution is 0.141. The van der Waals surface area contributed by atoms with Gasteiger partial charge in [0.05, 0.1) is 12.2 Å². The maximum absolute atomic E-state index is 5.45. The van der Waals surface area contributed by atoms with E-state index in [-0.39, 0.29) is 0 Å². The van der Waals surface area contributed by atoms with Crippen molar-refractivity contribution in [2.24, 2.45) is 0 Å². The molecule has 0 aromatic carbocycles. The maximum atomic E-state index is 5.45. The van der Waals surface area contributed by atoms with E-state index in [2.05, 4.69) is 30.4 Å². The Kier molecular flexibility index (Phi) is 12.5. The Morgan fingerprint density at radius 2 is 1.81 bits per heavy atom.